The van der Waals surface area contributed by atoms with E-state index < -0.39 is 0 Å². The summed E-state index contributed by atoms with van der Waals surface area (Å²) in [6.45, 7) is 0. The number of nitrogens with zero attached hydrogens (tertiary/aromatic N) is 1. The van der Waals surface area contributed by atoms with Gasteiger partial charge in [-0.05, 0) is 12.1 Å². The lowest BCUT2D eigenvalue weighted by Crippen LogP contribution is -2.09. The van der Waals surface area contributed by atoms with Crippen molar-refractivity contribution < 1.29 is 0 Å². The molecule has 0 amide bonds. The first-order valence-electron chi connectivity index (χ1n) is 3.65. The van der Waals surface area contributed by atoms with Gasteiger partial charge in [0.2, 0.25) is 0 Å². The second-order valence-corrected chi connectivity index (χ2v) is 3.84. The van der Waals surface area contributed by atoms with Gasteiger partial charge in [-0.1, -0.05) is 40.8 Å². The molecule has 62 valence electrons. The Kier molecular flexibility index (Phi) is 3.88. The molecule has 1 rings (SSSR count). The third kappa shape index (κ3) is 3.09. The van der Waals surface area contributed by atoms with Gasteiger partial charge in [0.25, 0.3) is 0 Å². The molecule has 0 aliphatic heterocycles. The van der Waals surface area contributed by atoms with E-state index in [1.807, 2.05) is 30.3 Å². The maximum absolute atomic E-state index is 8.42. The van der Waals surface area contributed by atoms with Gasteiger partial charge in [-0.15, -0.1) is 0 Å². The van der Waals surface area contributed by atoms with E-state index in [1.165, 1.54) is 0 Å². The highest BCUT2D eigenvalue weighted by Crippen LogP contribution is 2.12. The van der Waals surface area contributed by atoms with Gasteiger partial charge in [-0.25, -0.2) is 0 Å². The molecule has 1 aromatic rings. The molecule has 1 aromatic carbocycles. The lowest BCUT2D eigenvalue weighted by Gasteiger charge is -2.09. The molecule has 0 spiro atoms. The molecule has 3 heteroatoms. The van der Waals surface area contributed by atoms with Crippen LogP contribution in [0.4, 0.5) is 5.69 Å². The third-order valence-corrected chi connectivity index (χ3v) is 2.12. The number of nitrogens with one attached hydrogen (secondary N) is 1. The molecule has 0 aliphatic carbocycles. The summed E-state index contributed by atoms with van der Waals surface area (Å²) in [6, 6.07) is 12.0. The number of rotatable bonds is 3. The number of halogens is 1. The van der Waals surface area contributed by atoms with Crippen molar-refractivity contribution in [1.29, 1.82) is 5.26 Å². The number of anilines is 1. The van der Waals surface area contributed by atoms with E-state index in [-0.39, 0.29) is 4.05 Å². The summed E-state index contributed by atoms with van der Waals surface area (Å²) in [4.78, 5) is 0. The van der Waals surface area contributed by atoms with Crippen molar-refractivity contribution in [1.82, 2.24) is 0 Å². The minimum atomic E-state index is 0.190. The van der Waals surface area contributed by atoms with Gasteiger partial charge in [0, 0.05) is 5.69 Å². The van der Waals surface area contributed by atoms with Crippen LogP contribution >= 0.6 is 22.6 Å². The minimum Gasteiger partial charge on any atom is -0.372 e. The highest BCUT2D eigenvalue weighted by Gasteiger charge is 2.00. The van der Waals surface area contributed by atoms with Gasteiger partial charge in [0.1, 0.15) is 0 Å². The molecule has 1 N–H and O–H groups in total. The first kappa shape index (κ1) is 9.33. The Balaban J connectivity index is 2.48. The van der Waals surface area contributed by atoms with E-state index in [2.05, 4.69) is 34.0 Å². The van der Waals surface area contributed by atoms with Crippen LogP contribution in [0, 0.1) is 11.3 Å². The van der Waals surface area contributed by atoms with E-state index in [4.69, 9.17) is 5.26 Å². The predicted molar refractivity (Wildman–Crippen MR) is 58.1 cm³/mol. The zero-order valence-corrected chi connectivity index (χ0v) is 8.65. The lowest BCUT2D eigenvalue weighted by molar-refractivity contribution is 1.04. The number of nitriles is 1. The fraction of sp³-hybridized carbons (Fsp3) is 0.222. The second kappa shape index (κ2) is 4.99. The van der Waals surface area contributed by atoms with Crippen molar-refractivity contribution in [2.24, 2.45) is 0 Å². The molecule has 0 saturated heterocycles. The number of hydrogen-bond donors (Lipinski definition) is 1. The highest BCUT2D eigenvalue weighted by atomic mass is 127. The molecule has 0 aliphatic rings. The Labute approximate surface area is 85.7 Å². The van der Waals surface area contributed by atoms with Crippen LogP contribution in [0.25, 0.3) is 0 Å². The summed E-state index contributed by atoms with van der Waals surface area (Å²) in [6.07, 6.45) is 0.523. The van der Waals surface area contributed by atoms with Crippen LogP contribution in [-0.4, -0.2) is 4.05 Å². The third-order valence-electron chi connectivity index (χ3n) is 1.37. The Morgan fingerprint density at radius 2 is 2.08 bits per heavy atom. The number of para-hydroxylation sites is 1. The summed E-state index contributed by atoms with van der Waals surface area (Å²) >= 11 is 2.21. The minimum absolute atomic E-state index is 0.190. The summed E-state index contributed by atoms with van der Waals surface area (Å²) in [7, 11) is 0. The Bertz CT molecular complexity index is 266. The van der Waals surface area contributed by atoms with Crippen LogP contribution in [0.2, 0.25) is 0 Å². The molecule has 0 saturated carbocycles. The number of hydrogen-bond acceptors (Lipinski definition) is 2. The highest BCUT2D eigenvalue weighted by molar-refractivity contribution is 14.1. The zero-order chi connectivity index (χ0) is 8.81. The van der Waals surface area contributed by atoms with Crippen molar-refractivity contribution in [3.63, 3.8) is 0 Å². The van der Waals surface area contributed by atoms with E-state index in [0.29, 0.717) is 6.42 Å². The molecule has 0 fully saturated rings. The topological polar surface area (TPSA) is 35.8 Å². The smallest absolute Gasteiger partial charge is 0.0911 e. The van der Waals surface area contributed by atoms with E-state index >= 15 is 0 Å². The molecule has 0 unspecified atom stereocenters. The van der Waals surface area contributed by atoms with Gasteiger partial charge < -0.3 is 5.32 Å². The van der Waals surface area contributed by atoms with Crippen molar-refractivity contribution in [2.75, 3.05) is 5.32 Å². The summed E-state index contributed by atoms with van der Waals surface area (Å²) in [5.74, 6) is 0. The molecular formula is C9H9IN2. The maximum atomic E-state index is 8.42. The van der Waals surface area contributed by atoms with E-state index in [9.17, 15) is 0 Å². The zero-order valence-electron chi connectivity index (χ0n) is 6.50. The largest absolute Gasteiger partial charge is 0.372 e. The van der Waals surface area contributed by atoms with Crippen molar-refractivity contribution in [2.45, 2.75) is 10.5 Å². The monoisotopic (exact) mass is 272 g/mol. The van der Waals surface area contributed by atoms with Crippen molar-refractivity contribution in [3.05, 3.63) is 30.3 Å². The predicted octanol–water partition coefficient (Wildman–Crippen LogP) is 2.77. The van der Waals surface area contributed by atoms with Gasteiger partial charge in [-0.3, -0.25) is 0 Å². The summed E-state index contributed by atoms with van der Waals surface area (Å²) in [5.41, 5.74) is 1.06. The Hall–Kier alpha value is -0.760. The van der Waals surface area contributed by atoms with E-state index in [0.717, 1.165) is 5.69 Å². The molecule has 0 bridgehead atoms. The van der Waals surface area contributed by atoms with Crippen LogP contribution in [0.15, 0.2) is 30.3 Å². The second-order valence-electron chi connectivity index (χ2n) is 2.34. The standard InChI is InChI=1S/C9H9IN2/c10-9(6-7-11)12-8-4-2-1-3-5-8/h1-5,9,12H,6H2/t9-/m1/s1. The molecule has 2 nitrogen and oxygen atoms in total. The van der Waals surface area contributed by atoms with Gasteiger partial charge in [0.05, 0.1) is 16.5 Å². The molecule has 1 atom stereocenters. The lowest BCUT2D eigenvalue weighted by atomic mass is 10.3. The molecule has 12 heavy (non-hydrogen) atoms. The SMILES string of the molecule is N#CC[C@H](I)Nc1ccccc1. The summed E-state index contributed by atoms with van der Waals surface area (Å²) < 4.78 is 0.190. The van der Waals surface area contributed by atoms with Crippen molar-refractivity contribution >= 4 is 28.3 Å². The summed E-state index contributed by atoms with van der Waals surface area (Å²) in [5, 5.41) is 11.6. The van der Waals surface area contributed by atoms with Crippen LogP contribution in [0.1, 0.15) is 6.42 Å². The fourth-order valence-electron chi connectivity index (χ4n) is 0.846. The quantitative estimate of drug-likeness (QED) is 0.521. The van der Waals surface area contributed by atoms with Crippen LogP contribution in [-0.2, 0) is 0 Å². The molecule has 0 radical (unpaired) electrons. The Morgan fingerprint density at radius 3 is 2.67 bits per heavy atom. The normalized spacial score (nSPS) is 11.7. The van der Waals surface area contributed by atoms with E-state index in [1.54, 1.807) is 0 Å². The van der Waals surface area contributed by atoms with Crippen LogP contribution in [0.3, 0.4) is 0 Å². The molecule has 0 heterocycles. The number of benzene rings is 1. The molecular weight excluding hydrogens is 263 g/mol. The van der Waals surface area contributed by atoms with Crippen molar-refractivity contribution in [3.8, 4) is 6.07 Å². The van der Waals surface area contributed by atoms with Gasteiger partial charge in [0.15, 0.2) is 0 Å². The maximum Gasteiger partial charge on any atom is 0.0911 e. The first-order chi connectivity index (χ1) is 5.83. The Morgan fingerprint density at radius 1 is 1.42 bits per heavy atom. The average Bonchev–Trinajstić information content (AvgIpc) is 2.06. The average molecular weight is 272 g/mol. The van der Waals surface area contributed by atoms with Gasteiger partial charge >= 0.3 is 0 Å². The number of alkyl halides is 1. The van der Waals surface area contributed by atoms with Gasteiger partial charge in [-0.2, -0.15) is 5.26 Å². The fourth-order valence-corrected chi connectivity index (χ4v) is 1.40. The van der Waals surface area contributed by atoms with Crippen LogP contribution in [0.5, 0.6) is 0 Å². The molecule has 0 aromatic heterocycles. The van der Waals surface area contributed by atoms with Crippen LogP contribution < -0.4 is 5.32 Å². The first-order valence-corrected chi connectivity index (χ1v) is 4.90.